The lowest BCUT2D eigenvalue weighted by molar-refractivity contribution is 0.416. The van der Waals surface area contributed by atoms with Gasteiger partial charge in [0.15, 0.2) is 0 Å². The van der Waals surface area contributed by atoms with Crippen molar-refractivity contribution in [2.24, 2.45) is 0 Å². The molecular weight excluding hydrogens is 240 g/mol. The molecule has 1 aromatic carbocycles. The van der Waals surface area contributed by atoms with Gasteiger partial charge in [-0.05, 0) is 24.1 Å². The molecule has 1 aliphatic heterocycles. The highest BCUT2D eigenvalue weighted by atomic mass is 79.9. The maximum absolute atomic E-state index is 3.51. The number of nitrogens with one attached hydrogen (secondary N) is 2. The molecule has 76 valence electrons. The Morgan fingerprint density at radius 1 is 1.36 bits per heavy atom. The van der Waals surface area contributed by atoms with Gasteiger partial charge in [0, 0.05) is 30.1 Å². The molecule has 2 rings (SSSR count). The molecule has 0 amide bonds. The van der Waals surface area contributed by atoms with Crippen molar-refractivity contribution in [2.45, 2.75) is 12.5 Å². The summed E-state index contributed by atoms with van der Waals surface area (Å²) in [6, 6.07) is 9.11. The predicted octanol–water partition coefficient (Wildman–Crippen LogP) is 1.55. The van der Waals surface area contributed by atoms with E-state index in [1.54, 1.807) is 0 Å². The van der Waals surface area contributed by atoms with E-state index in [9.17, 15) is 0 Å². The van der Waals surface area contributed by atoms with Crippen LogP contribution in [0.5, 0.6) is 0 Å². The Morgan fingerprint density at radius 2 is 2.29 bits per heavy atom. The van der Waals surface area contributed by atoms with Gasteiger partial charge in [0.1, 0.15) is 0 Å². The summed E-state index contributed by atoms with van der Waals surface area (Å²) in [4.78, 5) is 0. The summed E-state index contributed by atoms with van der Waals surface area (Å²) in [7, 11) is 0. The third kappa shape index (κ3) is 2.80. The van der Waals surface area contributed by atoms with Crippen molar-refractivity contribution in [3.8, 4) is 0 Å². The van der Waals surface area contributed by atoms with E-state index in [1.807, 2.05) is 0 Å². The normalized spacial score (nSPS) is 22.2. The van der Waals surface area contributed by atoms with Crippen LogP contribution in [0.1, 0.15) is 5.56 Å². The van der Waals surface area contributed by atoms with Crippen LogP contribution in [0, 0.1) is 0 Å². The summed E-state index contributed by atoms with van der Waals surface area (Å²) >= 11 is 3.49. The van der Waals surface area contributed by atoms with E-state index in [-0.39, 0.29) is 0 Å². The minimum Gasteiger partial charge on any atom is -0.314 e. The molecule has 0 aromatic heterocycles. The quantitative estimate of drug-likeness (QED) is 0.837. The fourth-order valence-electron chi connectivity index (χ4n) is 1.81. The summed E-state index contributed by atoms with van der Waals surface area (Å²) in [6.07, 6.45) is 1.10. The molecule has 1 aliphatic rings. The van der Waals surface area contributed by atoms with Gasteiger partial charge in [-0.15, -0.1) is 0 Å². The van der Waals surface area contributed by atoms with Crippen LogP contribution < -0.4 is 10.6 Å². The SMILES string of the molecule is Brc1cccc(C[C@H]2CNCCN2)c1. The first-order valence-electron chi connectivity index (χ1n) is 5.03. The van der Waals surface area contributed by atoms with Crippen molar-refractivity contribution in [2.75, 3.05) is 19.6 Å². The van der Waals surface area contributed by atoms with Crippen molar-refractivity contribution < 1.29 is 0 Å². The molecule has 0 unspecified atom stereocenters. The number of halogens is 1. The molecule has 0 aliphatic carbocycles. The average Bonchev–Trinajstić information content (AvgIpc) is 2.19. The molecule has 1 saturated heterocycles. The number of benzene rings is 1. The Labute approximate surface area is 93.2 Å². The minimum absolute atomic E-state index is 0.582. The molecule has 0 saturated carbocycles. The summed E-state index contributed by atoms with van der Waals surface area (Å²) < 4.78 is 1.17. The van der Waals surface area contributed by atoms with E-state index in [2.05, 4.69) is 50.8 Å². The van der Waals surface area contributed by atoms with Gasteiger partial charge >= 0.3 is 0 Å². The second-order valence-corrected chi connectivity index (χ2v) is 4.60. The first-order chi connectivity index (χ1) is 6.84. The van der Waals surface area contributed by atoms with Crippen molar-refractivity contribution in [3.63, 3.8) is 0 Å². The number of rotatable bonds is 2. The lowest BCUT2D eigenvalue weighted by atomic mass is 10.1. The van der Waals surface area contributed by atoms with Gasteiger partial charge in [-0.2, -0.15) is 0 Å². The molecule has 1 aromatic rings. The second-order valence-electron chi connectivity index (χ2n) is 3.69. The number of hydrogen-bond donors (Lipinski definition) is 2. The zero-order chi connectivity index (χ0) is 9.80. The van der Waals surface area contributed by atoms with Gasteiger partial charge < -0.3 is 10.6 Å². The van der Waals surface area contributed by atoms with Gasteiger partial charge in [-0.25, -0.2) is 0 Å². The third-order valence-electron chi connectivity index (χ3n) is 2.50. The highest BCUT2D eigenvalue weighted by Crippen LogP contribution is 2.13. The van der Waals surface area contributed by atoms with E-state index in [0.29, 0.717) is 6.04 Å². The molecule has 2 N–H and O–H groups in total. The van der Waals surface area contributed by atoms with Crippen molar-refractivity contribution in [3.05, 3.63) is 34.3 Å². The van der Waals surface area contributed by atoms with Gasteiger partial charge in [0.05, 0.1) is 0 Å². The van der Waals surface area contributed by atoms with Gasteiger partial charge in [-0.1, -0.05) is 28.1 Å². The molecule has 0 bridgehead atoms. The molecule has 14 heavy (non-hydrogen) atoms. The molecule has 1 fully saturated rings. The van der Waals surface area contributed by atoms with Crippen LogP contribution in [0.3, 0.4) is 0 Å². The molecule has 1 heterocycles. The number of piperazine rings is 1. The minimum atomic E-state index is 0.582. The maximum atomic E-state index is 3.51. The zero-order valence-electron chi connectivity index (χ0n) is 8.09. The lowest BCUT2D eigenvalue weighted by Crippen LogP contribution is -2.49. The number of hydrogen-bond acceptors (Lipinski definition) is 2. The molecule has 0 spiro atoms. The van der Waals surface area contributed by atoms with Gasteiger partial charge in [0.25, 0.3) is 0 Å². The van der Waals surface area contributed by atoms with Gasteiger partial charge in [0.2, 0.25) is 0 Å². The first-order valence-corrected chi connectivity index (χ1v) is 5.82. The Morgan fingerprint density at radius 3 is 3.00 bits per heavy atom. The largest absolute Gasteiger partial charge is 0.314 e. The molecule has 0 radical (unpaired) electrons. The van der Waals surface area contributed by atoms with Crippen LogP contribution in [-0.2, 0) is 6.42 Å². The summed E-state index contributed by atoms with van der Waals surface area (Å²) in [5, 5.41) is 6.90. The topological polar surface area (TPSA) is 24.1 Å². The standard InChI is InChI=1S/C11H15BrN2/c12-10-3-1-2-9(6-10)7-11-8-13-4-5-14-11/h1-3,6,11,13-14H,4-5,7-8H2/t11-/m0/s1. The van der Waals surface area contributed by atoms with E-state index in [0.717, 1.165) is 26.1 Å². The maximum Gasteiger partial charge on any atom is 0.0233 e. The third-order valence-corrected chi connectivity index (χ3v) is 2.99. The molecule has 1 atom stereocenters. The van der Waals surface area contributed by atoms with Crippen molar-refractivity contribution in [1.29, 1.82) is 0 Å². The molecule has 3 heteroatoms. The van der Waals surface area contributed by atoms with E-state index in [4.69, 9.17) is 0 Å². The molecular formula is C11H15BrN2. The van der Waals surface area contributed by atoms with Crippen molar-refractivity contribution >= 4 is 15.9 Å². The summed E-state index contributed by atoms with van der Waals surface area (Å²) in [6.45, 7) is 3.25. The highest BCUT2D eigenvalue weighted by Gasteiger charge is 2.11. The fraction of sp³-hybridized carbons (Fsp3) is 0.455. The fourth-order valence-corrected chi connectivity index (χ4v) is 2.25. The summed E-state index contributed by atoms with van der Waals surface area (Å²) in [5.41, 5.74) is 1.39. The second kappa shape index (κ2) is 4.91. The smallest absolute Gasteiger partial charge is 0.0233 e. The van der Waals surface area contributed by atoms with Crippen molar-refractivity contribution in [1.82, 2.24) is 10.6 Å². The van der Waals surface area contributed by atoms with Crippen LogP contribution in [-0.4, -0.2) is 25.7 Å². The van der Waals surface area contributed by atoms with E-state index >= 15 is 0 Å². The van der Waals surface area contributed by atoms with Gasteiger partial charge in [-0.3, -0.25) is 0 Å². The Hall–Kier alpha value is -0.380. The van der Waals surface area contributed by atoms with Crippen LogP contribution in [0.15, 0.2) is 28.7 Å². The lowest BCUT2D eigenvalue weighted by Gasteiger charge is -2.24. The monoisotopic (exact) mass is 254 g/mol. The average molecular weight is 255 g/mol. The Kier molecular flexibility index (Phi) is 3.56. The summed E-state index contributed by atoms with van der Waals surface area (Å²) in [5.74, 6) is 0. The van der Waals surface area contributed by atoms with Crippen LogP contribution in [0.4, 0.5) is 0 Å². The zero-order valence-corrected chi connectivity index (χ0v) is 9.68. The Bertz CT molecular complexity index is 295. The van der Waals surface area contributed by atoms with Crippen LogP contribution in [0.2, 0.25) is 0 Å². The Balaban J connectivity index is 1.95. The molecule has 2 nitrogen and oxygen atoms in total. The highest BCUT2D eigenvalue weighted by molar-refractivity contribution is 9.10. The van der Waals surface area contributed by atoms with E-state index < -0.39 is 0 Å². The van der Waals surface area contributed by atoms with E-state index in [1.165, 1.54) is 10.0 Å². The van der Waals surface area contributed by atoms with Crippen LogP contribution in [0.25, 0.3) is 0 Å². The van der Waals surface area contributed by atoms with Crippen LogP contribution >= 0.6 is 15.9 Å². The predicted molar refractivity (Wildman–Crippen MR) is 62.5 cm³/mol. The first kappa shape index (κ1) is 10.1.